The van der Waals surface area contributed by atoms with Gasteiger partial charge in [0.15, 0.2) is 5.78 Å². The molecule has 0 fully saturated rings. The molecule has 4 heteroatoms. The number of ether oxygens (including phenoxy) is 3. The molecule has 4 nitrogen and oxygen atoms in total. The molecule has 2 rings (SSSR count). The number of benzene rings is 1. The van der Waals surface area contributed by atoms with E-state index in [9.17, 15) is 4.79 Å². The van der Waals surface area contributed by atoms with Gasteiger partial charge in [-0.2, -0.15) is 0 Å². The van der Waals surface area contributed by atoms with E-state index in [0.717, 1.165) is 24.2 Å². The van der Waals surface area contributed by atoms with Crippen molar-refractivity contribution in [2.24, 2.45) is 0 Å². The van der Waals surface area contributed by atoms with E-state index < -0.39 is 0 Å². The van der Waals surface area contributed by atoms with E-state index in [1.165, 1.54) is 0 Å². The Labute approximate surface area is 107 Å². The first kappa shape index (κ1) is 13.1. The third-order valence-corrected chi connectivity index (χ3v) is 2.90. The lowest BCUT2D eigenvalue weighted by Gasteiger charge is -2.19. The van der Waals surface area contributed by atoms with Crippen molar-refractivity contribution in [3.05, 3.63) is 29.3 Å². The van der Waals surface area contributed by atoms with Crippen molar-refractivity contribution in [2.75, 3.05) is 33.5 Å². The maximum absolute atomic E-state index is 12.0. The molecule has 1 heterocycles. The number of hydrogen-bond donors (Lipinski definition) is 0. The van der Waals surface area contributed by atoms with Crippen molar-refractivity contribution >= 4 is 5.78 Å². The number of Topliss-reactive ketones (excluding diaryl/α,β-unsaturated/α-hetero) is 1. The summed E-state index contributed by atoms with van der Waals surface area (Å²) in [5, 5.41) is 0. The number of rotatable bonds is 6. The Hall–Kier alpha value is -1.39. The number of carbonyl (C=O) groups is 1. The Balaban J connectivity index is 2.01. The third kappa shape index (κ3) is 3.09. The van der Waals surface area contributed by atoms with Gasteiger partial charge in [0.25, 0.3) is 0 Å². The van der Waals surface area contributed by atoms with Crippen LogP contribution >= 0.6 is 0 Å². The van der Waals surface area contributed by atoms with E-state index in [2.05, 4.69) is 0 Å². The van der Waals surface area contributed by atoms with Gasteiger partial charge in [0.05, 0.1) is 25.4 Å². The van der Waals surface area contributed by atoms with Gasteiger partial charge in [-0.15, -0.1) is 0 Å². The molecule has 18 heavy (non-hydrogen) atoms. The van der Waals surface area contributed by atoms with Crippen molar-refractivity contribution in [1.82, 2.24) is 0 Å². The first-order chi connectivity index (χ1) is 8.83. The molecule has 0 saturated carbocycles. The molecule has 1 aromatic rings. The van der Waals surface area contributed by atoms with Gasteiger partial charge in [-0.05, 0) is 24.5 Å². The van der Waals surface area contributed by atoms with Crippen LogP contribution in [0.1, 0.15) is 22.3 Å². The second kappa shape index (κ2) is 6.52. The Bertz CT molecular complexity index is 414. The molecule has 1 aliphatic rings. The highest BCUT2D eigenvalue weighted by Gasteiger charge is 2.18. The van der Waals surface area contributed by atoms with Crippen LogP contribution < -0.4 is 4.74 Å². The van der Waals surface area contributed by atoms with Crippen LogP contribution in [0.15, 0.2) is 18.2 Å². The number of para-hydroxylation sites is 1. The van der Waals surface area contributed by atoms with Crippen LogP contribution in [0.5, 0.6) is 5.75 Å². The Morgan fingerprint density at radius 3 is 3.11 bits per heavy atom. The van der Waals surface area contributed by atoms with Crippen molar-refractivity contribution in [3.63, 3.8) is 0 Å². The normalized spacial score (nSPS) is 13.8. The average molecular weight is 250 g/mol. The zero-order chi connectivity index (χ0) is 12.8. The summed E-state index contributed by atoms with van der Waals surface area (Å²) in [4.78, 5) is 12.0. The van der Waals surface area contributed by atoms with Crippen molar-refractivity contribution in [3.8, 4) is 5.75 Å². The monoisotopic (exact) mass is 250 g/mol. The van der Waals surface area contributed by atoms with Crippen LogP contribution in [0, 0.1) is 0 Å². The fourth-order valence-electron chi connectivity index (χ4n) is 1.99. The zero-order valence-corrected chi connectivity index (χ0v) is 10.6. The number of fused-ring (bicyclic) bond motifs is 1. The van der Waals surface area contributed by atoms with E-state index in [-0.39, 0.29) is 12.4 Å². The quantitative estimate of drug-likeness (QED) is 0.571. The van der Waals surface area contributed by atoms with Gasteiger partial charge in [-0.25, -0.2) is 0 Å². The van der Waals surface area contributed by atoms with Crippen molar-refractivity contribution in [2.45, 2.75) is 12.8 Å². The summed E-state index contributed by atoms with van der Waals surface area (Å²) in [7, 11) is 1.60. The molecule has 0 radical (unpaired) electrons. The van der Waals surface area contributed by atoms with Crippen LogP contribution in [0.2, 0.25) is 0 Å². The van der Waals surface area contributed by atoms with Crippen LogP contribution in [0.25, 0.3) is 0 Å². The highest BCUT2D eigenvalue weighted by Crippen LogP contribution is 2.29. The highest BCUT2D eigenvalue weighted by molar-refractivity contribution is 6.00. The van der Waals surface area contributed by atoms with Gasteiger partial charge in [0.2, 0.25) is 0 Å². The number of hydrogen-bond acceptors (Lipinski definition) is 4. The lowest BCUT2D eigenvalue weighted by atomic mass is 10.0. The summed E-state index contributed by atoms with van der Waals surface area (Å²) in [5.41, 5.74) is 1.74. The Morgan fingerprint density at radius 1 is 1.39 bits per heavy atom. The SMILES string of the molecule is COCCOCC(=O)c1cccc2c1OCCC2. The predicted octanol–water partition coefficient (Wildman–Crippen LogP) is 1.86. The highest BCUT2D eigenvalue weighted by atomic mass is 16.5. The van der Waals surface area contributed by atoms with Gasteiger partial charge in [0.1, 0.15) is 12.4 Å². The lowest BCUT2D eigenvalue weighted by Crippen LogP contribution is -2.16. The van der Waals surface area contributed by atoms with Crippen molar-refractivity contribution < 1.29 is 19.0 Å². The Kier molecular flexibility index (Phi) is 4.73. The number of aryl methyl sites for hydroxylation is 1. The Morgan fingerprint density at radius 2 is 2.28 bits per heavy atom. The van der Waals surface area contributed by atoms with Gasteiger partial charge >= 0.3 is 0 Å². The van der Waals surface area contributed by atoms with E-state index >= 15 is 0 Å². The summed E-state index contributed by atoms with van der Waals surface area (Å²) < 4.78 is 15.7. The van der Waals surface area contributed by atoms with E-state index in [4.69, 9.17) is 14.2 Å². The minimum atomic E-state index is -0.0372. The molecule has 0 saturated heterocycles. The molecule has 0 unspecified atom stereocenters. The molecule has 0 aromatic heterocycles. The summed E-state index contributed by atoms with van der Waals surface area (Å²) in [6.07, 6.45) is 1.98. The van der Waals surface area contributed by atoms with Gasteiger partial charge < -0.3 is 14.2 Å². The first-order valence-electron chi connectivity index (χ1n) is 6.17. The smallest absolute Gasteiger partial charge is 0.192 e. The molecule has 0 N–H and O–H groups in total. The fourth-order valence-corrected chi connectivity index (χ4v) is 1.99. The molecule has 1 aromatic carbocycles. The van der Waals surface area contributed by atoms with Gasteiger partial charge in [-0.3, -0.25) is 4.79 Å². The molecule has 1 aliphatic heterocycles. The fraction of sp³-hybridized carbons (Fsp3) is 0.500. The maximum atomic E-state index is 12.0. The molecule has 0 atom stereocenters. The largest absolute Gasteiger partial charge is 0.493 e. The molecular weight excluding hydrogens is 232 g/mol. The number of methoxy groups -OCH3 is 1. The minimum Gasteiger partial charge on any atom is -0.493 e. The second-order valence-electron chi connectivity index (χ2n) is 4.21. The van der Waals surface area contributed by atoms with Crippen molar-refractivity contribution in [1.29, 1.82) is 0 Å². The topological polar surface area (TPSA) is 44.8 Å². The molecular formula is C14H18O4. The molecule has 0 aliphatic carbocycles. The van der Waals surface area contributed by atoms with E-state index in [0.29, 0.717) is 25.4 Å². The van der Waals surface area contributed by atoms with Crippen LogP contribution in [0.4, 0.5) is 0 Å². The minimum absolute atomic E-state index is 0.0372. The molecule has 0 amide bonds. The first-order valence-corrected chi connectivity index (χ1v) is 6.17. The zero-order valence-electron chi connectivity index (χ0n) is 10.6. The van der Waals surface area contributed by atoms with Crippen LogP contribution in [-0.4, -0.2) is 39.3 Å². The molecule has 98 valence electrons. The maximum Gasteiger partial charge on any atom is 0.192 e. The predicted molar refractivity (Wildman–Crippen MR) is 67.3 cm³/mol. The van der Waals surface area contributed by atoms with Crippen LogP contribution in [-0.2, 0) is 15.9 Å². The van der Waals surface area contributed by atoms with Gasteiger partial charge in [-0.1, -0.05) is 12.1 Å². The average Bonchev–Trinajstić information content (AvgIpc) is 2.43. The summed E-state index contributed by atoms with van der Waals surface area (Å²) in [6.45, 7) is 1.68. The van der Waals surface area contributed by atoms with E-state index in [1.807, 2.05) is 12.1 Å². The molecule has 0 bridgehead atoms. The standard InChI is InChI=1S/C14H18O4/c1-16-8-9-17-10-13(15)12-6-2-4-11-5-3-7-18-14(11)12/h2,4,6H,3,5,7-10H2,1H3. The summed E-state index contributed by atoms with van der Waals surface area (Å²) in [5.74, 6) is 0.703. The molecule has 0 spiro atoms. The third-order valence-electron chi connectivity index (χ3n) is 2.90. The lowest BCUT2D eigenvalue weighted by molar-refractivity contribution is 0.0574. The van der Waals surface area contributed by atoms with Gasteiger partial charge in [0, 0.05) is 7.11 Å². The number of carbonyl (C=O) groups excluding carboxylic acids is 1. The number of ketones is 1. The summed E-state index contributed by atoms with van der Waals surface area (Å²) in [6, 6.07) is 5.71. The van der Waals surface area contributed by atoms with E-state index in [1.54, 1.807) is 13.2 Å². The second-order valence-corrected chi connectivity index (χ2v) is 4.21. The van der Waals surface area contributed by atoms with Crippen LogP contribution in [0.3, 0.4) is 0 Å². The summed E-state index contributed by atoms with van der Waals surface area (Å²) >= 11 is 0.